The van der Waals surface area contributed by atoms with Crippen LogP contribution in [0.5, 0.6) is 0 Å². The molecule has 6 nitrogen and oxygen atoms in total. The van der Waals surface area contributed by atoms with E-state index in [0.717, 1.165) is 10.9 Å². The number of fused-ring (bicyclic) bond motifs is 1. The number of benzene rings is 2. The first-order valence-electron chi connectivity index (χ1n) is 7.26. The van der Waals surface area contributed by atoms with Gasteiger partial charge in [0.1, 0.15) is 0 Å². The Hall–Kier alpha value is -2.64. The van der Waals surface area contributed by atoms with Crippen LogP contribution in [0, 0.1) is 6.92 Å². The number of aromatic nitrogens is 1. The smallest absolute Gasteiger partial charge is 0.257 e. The minimum Gasteiger partial charge on any atom is -0.350 e. The number of hydrogen-bond donors (Lipinski definition) is 2. The van der Waals surface area contributed by atoms with Crippen molar-refractivity contribution in [2.24, 2.45) is 12.2 Å². The minimum absolute atomic E-state index is 0.00165. The van der Waals surface area contributed by atoms with Gasteiger partial charge in [-0.05, 0) is 30.7 Å². The Labute approximate surface area is 139 Å². The summed E-state index contributed by atoms with van der Waals surface area (Å²) >= 11 is 0. The Morgan fingerprint density at radius 1 is 1.17 bits per heavy atom. The van der Waals surface area contributed by atoms with Gasteiger partial charge >= 0.3 is 0 Å². The maximum Gasteiger partial charge on any atom is 0.257 e. The summed E-state index contributed by atoms with van der Waals surface area (Å²) in [5.41, 5.74) is 2.37. The molecule has 0 fully saturated rings. The molecule has 0 atom stereocenters. The van der Waals surface area contributed by atoms with Gasteiger partial charge in [0.15, 0.2) is 0 Å². The van der Waals surface area contributed by atoms with Gasteiger partial charge in [0.2, 0.25) is 10.0 Å². The van der Waals surface area contributed by atoms with Crippen LogP contribution in [0.2, 0.25) is 0 Å². The Balaban J connectivity index is 1.98. The van der Waals surface area contributed by atoms with Gasteiger partial charge in [-0.15, -0.1) is 0 Å². The van der Waals surface area contributed by atoms with Crippen molar-refractivity contribution >= 4 is 32.5 Å². The van der Waals surface area contributed by atoms with Crippen molar-refractivity contribution in [3.63, 3.8) is 0 Å². The van der Waals surface area contributed by atoms with Gasteiger partial charge in [-0.2, -0.15) is 0 Å². The van der Waals surface area contributed by atoms with Crippen LogP contribution in [-0.2, 0) is 17.1 Å². The first-order chi connectivity index (χ1) is 11.3. The van der Waals surface area contributed by atoms with Gasteiger partial charge in [-0.1, -0.05) is 24.3 Å². The lowest BCUT2D eigenvalue weighted by molar-refractivity contribution is 0.102. The molecule has 3 rings (SSSR count). The van der Waals surface area contributed by atoms with E-state index < -0.39 is 10.0 Å². The van der Waals surface area contributed by atoms with Crippen LogP contribution in [0.3, 0.4) is 0 Å². The average molecular weight is 343 g/mol. The van der Waals surface area contributed by atoms with E-state index in [1.54, 1.807) is 25.3 Å². The maximum atomic E-state index is 12.6. The fourth-order valence-corrected chi connectivity index (χ4v) is 3.51. The molecule has 0 spiro atoms. The predicted octanol–water partition coefficient (Wildman–Crippen LogP) is 2.39. The highest BCUT2D eigenvalue weighted by Crippen LogP contribution is 2.23. The molecule has 0 aliphatic rings. The number of nitrogens with zero attached hydrogens (tertiary/aromatic N) is 1. The second-order valence-electron chi connectivity index (χ2n) is 5.65. The molecule has 1 heterocycles. The normalized spacial score (nSPS) is 11.6. The van der Waals surface area contributed by atoms with Gasteiger partial charge in [-0.25, -0.2) is 13.6 Å². The highest BCUT2D eigenvalue weighted by atomic mass is 32.2. The van der Waals surface area contributed by atoms with Crippen LogP contribution < -0.4 is 10.5 Å². The summed E-state index contributed by atoms with van der Waals surface area (Å²) in [5.74, 6) is -0.309. The first-order valence-corrected chi connectivity index (χ1v) is 8.81. The number of hydrogen-bond acceptors (Lipinski definition) is 3. The molecular weight excluding hydrogens is 326 g/mol. The highest BCUT2D eigenvalue weighted by molar-refractivity contribution is 7.89. The lowest BCUT2D eigenvalue weighted by atomic mass is 10.1. The Bertz CT molecular complexity index is 1050. The number of nitrogens with one attached hydrogen (secondary N) is 1. The molecule has 2 aromatic carbocycles. The molecule has 7 heteroatoms. The van der Waals surface area contributed by atoms with Gasteiger partial charge in [0, 0.05) is 29.8 Å². The number of primary sulfonamides is 1. The second-order valence-corrected chi connectivity index (χ2v) is 7.18. The number of para-hydroxylation sites is 1. The predicted molar refractivity (Wildman–Crippen MR) is 93.4 cm³/mol. The standard InChI is InChI=1S/C17H17N3O3S/c1-11-7-8-12(9-16(11)24(18,22)23)19-17(21)14-10-20(2)15-6-4-3-5-13(14)15/h3-10H,1-2H3,(H,19,21)(H2,18,22,23). The number of amides is 1. The van der Waals surface area contributed by atoms with Crippen LogP contribution in [0.1, 0.15) is 15.9 Å². The van der Waals surface area contributed by atoms with E-state index in [1.807, 2.05) is 35.9 Å². The third-order valence-electron chi connectivity index (χ3n) is 3.89. The number of rotatable bonds is 3. The second kappa shape index (κ2) is 5.77. The lowest BCUT2D eigenvalue weighted by Gasteiger charge is -2.08. The molecule has 0 aliphatic carbocycles. The van der Waals surface area contributed by atoms with Crippen molar-refractivity contribution in [3.8, 4) is 0 Å². The maximum absolute atomic E-state index is 12.6. The monoisotopic (exact) mass is 343 g/mol. The quantitative estimate of drug-likeness (QED) is 0.764. The molecule has 0 radical (unpaired) electrons. The number of anilines is 1. The molecule has 24 heavy (non-hydrogen) atoms. The van der Waals surface area contributed by atoms with Crippen molar-refractivity contribution in [3.05, 3.63) is 59.8 Å². The van der Waals surface area contributed by atoms with Crippen LogP contribution in [0.15, 0.2) is 53.6 Å². The summed E-state index contributed by atoms with van der Waals surface area (Å²) < 4.78 is 25.1. The van der Waals surface area contributed by atoms with Crippen LogP contribution >= 0.6 is 0 Å². The minimum atomic E-state index is -3.84. The van der Waals surface area contributed by atoms with E-state index in [0.29, 0.717) is 16.8 Å². The SMILES string of the molecule is Cc1ccc(NC(=O)c2cn(C)c3ccccc23)cc1S(N)(=O)=O. The summed E-state index contributed by atoms with van der Waals surface area (Å²) in [4.78, 5) is 12.6. The van der Waals surface area contributed by atoms with E-state index in [9.17, 15) is 13.2 Å². The van der Waals surface area contributed by atoms with Crippen molar-refractivity contribution in [2.45, 2.75) is 11.8 Å². The summed E-state index contributed by atoms with van der Waals surface area (Å²) in [6.45, 7) is 1.65. The summed E-state index contributed by atoms with van der Waals surface area (Å²) in [7, 11) is -1.98. The molecular formula is C17H17N3O3S. The zero-order valence-electron chi connectivity index (χ0n) is 13.3. The van der Waals surface area contributed by atoms with Crippen molar-refractivity contribution in [1.29, 1.82) is 0 Å². The van der Waals surface area contributed by atoms with E-state index in [4.69, 9.17) is 5.14 Å². The molecule has 1 amide bonds. The van der Waals surface area contributed by atoms with Crippen molar-refractivity contribution < 1.29 is 13.2 Å². The van der Waals surface area contributed by atoms with Gasteiger partial charge in [0.25, 0.3) is 5.91 Å². The topological polar surface area (TPSA) is 94.2 Å². The van der Waals surface area contributed by atoms with Crippen LogP contribution in [-0.4, -0.2) is 18.9 Å². The highest BCUT2D eigenvalue weighted by Gasteiger charge is 2.16. The molecule has 0 aliphatic heterocycles. The molecule has 0 unspecified atom stereocenters. The summed E-state index contributed by atoms with van der Waals surface area (Å²) in [5, 5.41) is 8.76. The van der Waals surface area contributed by atoms with E-state index in [-0.39, 0.29) is 10.8 Å². The molecule has 0 saturated heterocycles. The number of carbonyl (C=O) groups excluding carboxylic acids is 1. The van der Waals surface area contributed by atoms with E-state index in [2.05, 4.69) is 5.32 Å². The first kappa shape index (κ1) is 16.2. The fourth-order valence-electron chi connectivity index (χ4n) is 2.71. The van der Waals surface area contributed by atoms with Crippen molar-refractivity contribution in [1.82, 2.24) is 4.57 Å². The summed E-state index contributed by atoms with van der Waals surface area (Å²) in [6, 6.07) is 12.2. The number of sulfonamides is 1. The zero-order chi connectivity index (χ0) is 17.5. The Morgan fingerprint density at radius 3 is 2.58 bits per heavy atom. The molecule has 0 saturated carbocycles. The third-order valence-corrected chi connectivity index (χ3v) is 4.95. The van der Waals surface area contributed by atoms with Crippen LogP contribution in [0.4, 0.5) is 5.69 Å². The Morgan fingerprint density at radius 2 is 1.88 bits per heavy atom. The lowest BCUT2D eigenvalue weighted by Crippen LogP contribution is -2.16. The van der Waals surface area contributed by atoms with Gasteiger partial charge < -0.3 is 9.88 Å². The number of nitrogens with two attached hydrogens (primary N) is 1. The van der Waals surface area contributed by atoms with E-state index >= 15 is 0 Å². The third kappa shape index (κ3) is 2.91. The molecule has 3 aromatic rings. The Kier molecular flexibility index (Phi) is 3.90. The van der Waals surface area contributed by atoms with Gasteiger partial charge in [0.05, 0.1) is 10.5 Å². The average Bonchev–Trinajstić information content (AvgIpc) is 2.86. The fraction of sp³-hybridized carbons (Fsp3) is 0.118. The molecule has 3 N–H and O–H groups in total. The molecule has 0 bridgehead atoms. The number of aryl methyl sites for hydroxylation is 2. The molecule has 1 aromatic heterocycles. The largest absolute Gasteiger partial charge is 0.350 e. The van der Waals surface area contributed by atoms with Crippen LogP contribution in [0.25, 0.3) is 10.9 Å². The van der Waals surface area contributed by atoms with Gasteiger partial charge in [-0.3, -0.25) is 4.79 Å². The van der Waals surface area contributed by atoms with E-state index in [1.165, 1.54) is 6.07 Å². The molecule has 124 valence electrons. The van der Waals surface area contributed by atoms with Crippen molar-refractivity contribution in [2.75, 3.05) is 5.32 Å². The zero-order valence-corrected chi connectivity index (χ0v) is 14.1. The summed E-state index contributed by atoms with van der Waals surface area (Å²) in [6.07, 6.45) is 1.74. The number of carbonyl (C=O) groups is 1.